The Morgan fingerprint density at radius 2 is 1.94 bits per heavy atom. The quantitative estimate of drug-likeness (QED) is 0.575. The van der Waals surface area contributed by atoms with Gasteiger partial charge in [0.25, 0.3) is 0 Å². The van der Waals surface area contributed by atoms with Crippen LogP contribution < -0.4 is 5.73 Å². The van der Waals surface area contributed by atoms with Crippen LogP contribution in [-0.2, 0) is 14.8 Å². The van der Waals surface area contributed by atoms with E-state index in [1.165, 1.54) is 22.5 Å². The summed E-state index contributed by atoms with van der Waals surface area (Å²) in [5, 5.41) is 9.27. The molecule has 1 heterocycles. The van der Waals surface area contributed by atoms with Gasteiger partial charge in [-0.1, -0.05) is 0 Å². The predicted molar refractivity (Wildman–Crippen MR) is 62.1 cm³/mol. The molecular weight excluding hydrogens is 244 g/mol. The van der Waals surface area contributed by atoms with Crippen molar-refractivity contribution in [3.63, 3.8) is 0 Å². The molecule has 6 nitrogen and oxygen atoms in total. The number of nitrogens with zero attached hydrogens (tertiary/aromatic N) is 1. The molecule has 3 N–H and O–H groups in total. The van der Waals surface area contributed by atoms with Gasteiger partial charge in [-0.15, -0.1) is 0 Å². The molecule has 0 spiro atoms. The van der Waals surface area contributed by atoms with Crippen LogP contribution in [0, 0.1) is 0 Å². The molecule has 94 valence electrons. The third kappa shape index (κ3) is 2.36. The van der Waals surface area contributed by atoms with Crippen molar-refractivity contribution < 1.29 is 18.3 Å². The van der Waals surface area contributed by atoms with Crippen LogP contribution in [0.15, 0.2) is 23.1 Å². The largest absolute Gasteiger partial charge is 0.506 e. The first-order chi connectivity index (χ1) is 8.01. The highest BCUT2D eigenvalue weighted by atomic mass is 32.2. The molecule has 0 amide bonds. The molecule has 1 aromatic carbocycles. The van der Waals surface area contributed by atoms with Gasteiger partial charge in [-0.05, 0) is 18.2 Å². The van der Waals surface area contributed by atoms with Crippen molar-refractivity contribution in [2.24, 2.45) is 0 Å². The van der Waals surface area contributed by atoms with Crippen molar-refractivity contribution in [2.75, 3.05) is 32.0 Å². The predicted octanol–water partition coefficient (Wildman–Crippen LogP) is -0.00470. The van der Waals surface area contributed by atoms with Crippen molar-refractivity contribution in [3.05, 3.63) is 18.2 Å². The number of rotatable bonds is 2. The minimum Gasteiger partial charge on any atom is -0.506 e. The number of morpholine rings is 1. The molecule has 1 aliphatic rings. The third-order valence-electron chi connectivity index (χ3n) is 2.61. The average molecular weight is 258 g/mol. The van der Waals surface area contributed by atoms with Crippen LogP contribution in [-0.4, -0.2) is 44.1 Å². The van der Waals surface area contributed by atoms with Gasteiger partial charge in [0.2, 0.25) is 10.0 Å². The first-order valence-electron chi connectivity index (χ1n) is 5.18. The molecule has 0 radical (unpaired) electrons. The molecule has 0 saturated carbocycles. The monoisotopic (exact) mass is 258 g/mol. The lowest BCUT2D eigenvalue weighted by molar-refractivity contribution is 0.0730. The molecule has 1 saturated heterocycles. The van der Waals surface area contributed by atoms with E-state index in [1.54, 1.807) is 0 Å². The summed E-state index contributed by atoms with van der Waals surface area (Å²) in [6.45, 7) is 1.46. The normalized spacial score (nSPS) is 18.1. The van der Waals surface area contributed by atoms with Crippen LogP contribution in [0.2, 0.25) is 0 Å². The van der Waals surface area contributed by atoms with Crippen molar-refractivity contribution in [1.82, 2.24) is 4.31 Å². The zero-order valence-electron chi connectivity index (χ0n) is 9.17. The van der Waals surface area contributed by atoms with Gasteiger partial charge >= 0.3 is 0 Å². The highest BCUT2D eigenvalue weighted by Gasteiger charge is 2.26. The Balaban J connectivity index is 2.33. The Labute approximate surface area is 99.7 Å². The summed E-state index contributed by atoms with van der Waals surface area (Å²) in [5.74, 6) is -0.120. The summed E-state index contributed by atoms with van der Waals surface area (Å²) in [6.07, 6.45) is 0. The first kappa shape index (κ1) is 12.2. The van der Waals surface area contributed by atoms with Crippen LogP contribution >= 0.6 is 0 Å². The fourth-order valence-electron chi connectivity index (χ4n) is 1.63. The van der Waals surface area contributed by atoms with E-state index in [2.05, 4.69) is 0 Å². The van der Waals surface area contributed by atoms with E-state index in [0.29, 0.717) is 26.3 Å². The van der Waals surface area contributed by atoms with Gasteiger partial charge in [0.15, 0.2) is 0 Å². The minimum absolute atomic E-state index is 0.0549. The number of benzene rings is 1. The molecule has 1 aromatic rings. The summed E-state index contributed by atoms with van der Waals surface area (Å²) in [5.41, 5.74) is 5.54. The van der Waals surface area contributed by atoms with Gasteiger partial charge in [-0.2, -0.15) is 4.31 Å². The number of phenolic OH excluding ortho intramolecular Hbond substituents is 1. The van der Waals surface area contributed by atoms with Crippen molar-refractivity contribution in [3.8, 4) is 5.75 Å². The van der Waals surface area contributed by atoms with Gasteiger partial charge < -0.3 is 15.6 Å². The number of hydrogen-bond donors (Lipinski definition) is 2. The summed E-state index contributed by atoms with van der Waals surface area (Å²) >= 11 is 0. The second-order valence-corrected chi connectivity index (χ2v) is 5.68. The Hall–Kier alpha value is -1.31. The third-order valence-corrected chi connectivity index (χ3v) is 4.50. The fourth-order valence-corrected chi connectivity index (χ4v) is 3.07. The maximum Gasteiger partial charge on any atom is 0.243 e. The maximum absolute atomic E-state index is 12.2. The maximum atomic E-state index is 12.2. The molecule has 0 unspecified atom stereocenters. The van der Waals surface area contributed by atoms with Crippen molar-refractivity contribution in [1.29, 1.82) is 0 Å². The molecule has 0 bridgehead atoms. The van der Waals surface area contributed by atoms with E-state index in [4.69, 9.17) is 10.5 Å². The lowest BCUT2D eigenvalue weighted by Crippen LogP contribution is -2.40. The second kappa shape index (κ2) is 4.52. The summed E-state index contributed by atoms with van der Waals surface area (Å²) in [7, 11) is -3.54. The molecular formula is C10H14N2O4S. The van der Waals surface area contributed by atoms with E-state index in [9.17, 15) is 13.5 Å². The number of anilines is 1. The summed E-state index contributed by atoms with van der Waals surface area (Å²) in [4.78, 5) is 0.0923. The highest BCUT2D eigenvalue weighted by molar-refractivity contribution is 7.89. The lowest BCUT2D eigenvalue weighted by atomic mass is 10.3. The molecule has 0 atom stereocenters. The highest BCUT2D eigenvalue weighted by Crippen LogP contribution is 2.25. The van der Waals surface area contributed by atoms with Gasteiger partial charge in [-0.25, -0.2) is 8.42 Å². The SMILES string of the molecule is Nc1cc(S(=O)(=O)N2CCOCC2)ccc1O. The first-order valence-corrected chi connectivity index (χ1v) is 6.62. The fraction of sp³-hybridized carbons (Fsp3) is 0.400. The topological polar surface area (TPSA) is 92.9 Å². The van der Waals surface area contributed by atoms with Crippen LogP contribution in [0.25, 0.3) is 0 Å². The Bertz CT molecular complexity index is 509. The van der Waals surface area contributed by atoms with Gasteiger partial charge in [-0.3, -0.25) is 0 Å². The van der Waals surface area contributed by atoms with Crippen molar-refractivity contribution in [2.45, 2.75) is 4.90 Å². The van der Waals surface area contributed by atoms with Crippen LogP contribution in [0.4, 0.5) is 5.69 Å². The summed E-state index contributed by atoms with van der Waals surface area (Å²) < 4.78 is 30.8. The number of nitrogen functional groups attached to an aromatic ring is 1. The molecule has 7 heteroatoms. The molecule has 2 rings (SSSR count). The van der Waals surface area contributed by atoms with Crippen molar-refractivity contribution >= 4 is 15.7 Å². The van der Waals surface area contributed by atoms with E-state index in [0.717, 1.165) is 0 Å². The van der Waals surface area contributed by atoms with Crippen LogP contribution in [0.3, 0.4) is 0 Å². The van der Waals surface area contributed by atoms with Gasteiger partial charge in [0.05, 0.1) is 23.8 Å². The Morgan fingerprint density at radius 3 is 2.53 bits per heavy atom. The Kier molecular flexibility index (Phi) is 3.23. The van der Waals surface area contributed by atoms with E-state index >= 15 is 0 Å². The lowest BCUT2D eigenvalue weighted by Gasteiger charge is -2.26. The standard InChI is InChI=1S/C10H14N2O4S/c11-9-7-8(1-2-10(9)13)17(14,15)12-3-5-16-6-4-12/h1-2,7,13H,3-6,11H2. The number of nitrogens with two attached hydrogens (primary N) is 1. The van der Waals surface area contributed by atoms with Gasteiger partial charge in [0.1, 0.15) is 5.75 Å². The minimum atomic E-state index is -3.54. The molecule has 1 fully saturated rings. The molecule has 17 heavy (non-hydrogen) atoms. The zero-order valence-corrected chi connectivity index (χ0v) is 9.98. The van der Waals surface area contributed by atoms with Crippen LogP contribution in [0.1, 0.15) is 0 Å². The number of aromatic hydroxyl groups is 1. The second-order valence-electron chi connectivity index (χ2n) is 3.74. The average Bonchev–Trinajstić information content (AvgIpc) is 2.33. The molecule has 0 aromatic heterocycles. The van der Waals surface area contributed by atoms with E-state index in [1.807, 2.05) is 0 Å². The number of sulfonamides is 1. The van der Waals surface area contributed by atoms with Crippen LogP contribution in [0.5, 0.6) is 5.75 Å². The summed E-state index contributed by atoms with van der Waals surface area (Å²) in [6, 6.07) is 3.89. The number of phenols is 1. The van der Waals surface area contributed by atoms with E-state index in [-0.39, 0.29) is 16.3 Å². The Morgan fingerprint density at radius 1 is 1.29 bits per heavy atom. The zero-order chi connectivity index (χ0) is 12.5. The molecule has 1 aliphatic heterocycles. The van der Waals surface area contributed by atoms with Gasteiger partial charge in [0, 0.05) is 13.1 Å². The molecule has 0 aliphatic carbocycles. The number of ether oxygens (including phenoxy) is 1. The van der Waals surface area contributed by atoms with E-state index < -0.39 is 10.0 Å². The number of hydrogen-bond acceptors (Lipinski definition) is 5. The smallest absolute Gasteiger partial charge is 0.243 e.